The largest absolute Gasteiger partial charge is 0.444 e. The van der Waals surface area contributed by atoms with Gasteiger partial charge >= 0.3 is 6.09 Å². The predicted molar refractivity (Wildman–Crippen MR) is 127 cm³/mol. The molecule has 6 heteroatoms. The van der Waals surface area contributed by atoms with Crippen molar-refractivity contribution in [3.63, 3.8) is 0 Å². The molecule has 2 heterocycles. The Morgan fingerprint density at radius 2 is 1.66 bits per heavy atom. The minimum atomic E-state index is -0.474. The Kier molecular flexibility index (Phi) is 8.97. The van der Waals surface area contributed by atoms with E-state index in [0.717, 1.165) is 24.9 Å². The van der Waals surface area contributed by atoms with E-state index in [1.165, 1.54) is 44.3 Å². The van der Waals surface area contributed by atoms with E-state index in [-0.39, 0.29) is 12.0 Å². The van der Waals surface area contributed by atoms with E-state index in [4.69, 9.17) is 4.74 Å². The second-order valence-corrected chi connectivity index (χ2v) is 10.4. The number of benzene rings is 1. The fourth-order valence-corrected chi connectivity index (χ4v) is 4.57. The number of amides is 2. The topological polar surface area (TPSA) is 61.9 Å². The first kappa shape index (κ1) is 24.6. The van der Waals surface area contributed by atoms with E-state index in [2.05, 4.69) is 34.5 Å². The van der Waals surface area contributed by atoms with Crippen LogP contribution in [0, 0.1) is 5.92 Å². The first-order valence-corrected chi connectivity index (χ1v) is 12.3. The van der Waals surface area contributed by atoms with Gasteiger partial charge in [-0.3, -0.25) is 9.69 Å². The highest BCUT2D eigenvalue weighted by Gasteiger charge is 2.27. The van der Waals surface area contributed by atoms with E-state index in [1.807, 2.05) is 20.8 Å². The predicted octanol–water partition coefficient (Wildman–Crippen LogP) is 4.72. The Balaban J connectivity index is 1.38. The summed E-state index contributed by atoms with van der Waals surface area (Å²) in [4.78, 5) is 29.0. The van der Waals surface area contributed by atoms with E-state index in [0.29, 0.717) is 32.0 Å². The molecular weight excluding hydrogens is 402 g/mol. The molecule has 1 aromatic carbocycles. The van der Waals surface area contributed by atoms with Crippen LogP contribution >= 0.6 is 0 Å². The van der Waals surface area contributed by atoms with Gasteiger partial charge in [-0.15, -0.1) is 0 Å². The zero-order valence-corrected chi connectivity index (χ0v) is 20.2. The number of carbonyl (C=O) groups excluding carboxylic acids is 2. The molecule has 0 radical (unpaired) electrons. The lowest BCUT2D eigenvalue weighted by Crippen LogP contribution is -2.42. The molecule has 6 nitrogen and oxygen atoms in total. The summed E-state index contributed by atoms with van der Waals surface area (Å²) >= 11 is 0. The minimum Gasteiger partial charge on any atom is -0.444 e. The molecule has 2 saturated heterocycles. The summed E-state index contributed by atoms with van der Waals surface area (Å²) in [6.07, 6.45) is 7.26. The van der Waals surface area contributed by atoms with Crippen molar-refractivity contribution in [2.45, 2.75) is 84.4 Å². The maximum absolute atomic E-state index is 12.5. The van der Waals surface area contributed by atoms with E-state index >= 15 is 0 Å². The quantitative estimate of drug-likeness (QED) is 0.691. The van der Waals surface area contributed by atoms with Gasteiger partial charge in [-0.25, -0.2) is 4.79 Å². The van der Waals surface area contributed by atoms with Gasteiger partial charge in [0.25, 0.3) is 0 Å². The van der Waals surface area contributed by atoms with E-state index < -0.39 is 5.60 Å². The van der Waals surface area contributed by atoms with Crippen LogP contribution in [-0.4, -0.2) is 53.6 Å². The summed E-state index contributed by atoms with van der Waals surface area (Å²) in [5.41, 5.74) is 2.01. The van der Waals surface area contributed by atoms with Crippen LogP contribution in [0.1, 0.15) is 76.8 Å². The van der Waals surface area contributed by atoms with Crippen molar-refractivity contribution < 1.29 is 14.3 Å². The molecule has 1 aromatic rings. The lowest BCUT2D eigenvalue weighted by molar-refractivity contribution is -0.122. The maximum atomic E-state index is 12.5. The SMILES string of the molecule is CC(C)(C)OC(=O)N1CCC(CC(=O)NCc2cccc(CN3CCCCCC3)c2)CC1. The van der Waals surface area contributed by atoms with Gasteiger partial charge in [0, 0.05) is 32.6 Å². The van der Waals surface area contributed by atoms with Crippen LogP contribution in [0.4, 0.5) is 4.79 Å². The number of nitrogens with zero attached hydrogens (tertiary/aromatic N) is 2. The number of hydrogen-bond donors (Lipinski definition) is 1. The second-order valence-electron chi connectivity index (χ2n) is 10.4. The molecule has 32 heavy (non-hydrogen) atoms. The zero-order chi connectivity index (χ0) is 23.0. The normalized spacial score (nSPS) is 18.8. The Bertz CT molecular complexity index is 743. The second kappa shape index (κ2) is 11.7. The van der Waals surface area contributed by atoms with Crippen molar-refractivity contribution in [1.29, 1.82) is 0 Å². The van der Waals surface area contributed by atoms with Crippen molar-refractivity contribution in [2.75, 3.05) is 26.2 Å². The fourth-order valence-electron chi connectivity index (χ4n) is 4.57. The van der Waals surface area contributed by atoms with Gasteiger partial charge in [0.15, 0.2) is 0 Å². The van der Waals surface area contributed by atoms with Crippen molar-refractivity contribution >= 4 is 12.0 Å². The van der Waals surface area contributed by atoms with E-state index in [9.17, 15) is 9.59 Å². The lowest BCUT2D eigenvalue weighted by Gasteiger charge is -2.33. The number of nitrogens with one attached hydrogen (secondary N) is 1. The molecule has 0 saturated carbocycles. The molecule has 2 aliphatic heterocycles. The highest BCUT2D eigenvalue weighted by Crippen LogP contribution is 2.22. The maximum Gasteiger partial charge on any atom is 0.410 e. The number of carbonyl (C=O) groups is 2. The summed E-state index contributed by atoms with van der Waals surface area (Å²) < 4.78 is 5.45. The van der Waals surface area contributed by atoms with Gasteiger partial charge in [-0.2, -0.15) is 0 Å². The highest BCUT2D eigenvalue weighted by atomic mass is 16.6. The molecule has 0 aliphatic carbocycles. The van der Waals surface area contributed by atoms with E-state index in [1.54, 1.807) is 4.90 Å². The first-order valence-electron chi connectivity index (χ1n) is 12.3. The van der Waals surface area contributed by atoms with Gasteiger partial charge in [-0.1, -0.05) is 37.1 Å². The van der Waals surface area contributed by atoms with Gasteiger partial charge in [0.2, 0.25) is 5.91 Å². The number of piperidine rings is 1. The highest BCUT2D eigenvalue weighted by molar-refractivity contribution is 5.76. The van der Waals surface area contributed by atoms with Crippen LogP contribution in [-0.2, 0) is 22.6 Å². The summed E-state index contributed by atoms with van der Waals surface area (Å²) in [5.74, 6) is 0.418. The first-order chi connectivity index (χ1) is 15.3. The van der Waals surface area contributed by atoms with Crippen molar-refractivity contribution in [2.24, 2.45) is 5.92 Å². The molecule has 3 rings (SSSR count). The molecule has 2 amide bonds. The lowest BCUT2D eigenvalue weighted by atomic mass is 9.93. The molecule has 178 valence electrons. The van der Waals surface area contributed by atoms with Crippen LogP contribution in [0.5, 0.6) is 0 Å². The number of rotatable bonds is 6. The summed E-state index contributed by atoms with van der Waals surface area (Å²) in [5, 5.41) is 3.09. The fraction of sp³-hybridized carbons (Fsp3) is 0.692. The molecule has 0 atom stereocenters. The third-order valence-corrected chi connectivity index (χ3v) is 6.33. The van der Waals surface area contributed by atoms with Crippen molar-refractivity contribution in [3.05, 3.63) is 35.4 Å². The van der Waals surface area contributed by atoms with Crippen molar-refractivity contribution in [3.8, 4) is 0 Å². The molecule has 0 aromatic heterocycles. The van der Waals surface area contributed by atoms with Gasteiger partial charge in [0.1, 0.15) is 5.60 Å². The minimum absolute atomic E-state index is 0.0960. The van der Waals surface area contributed by atoms with Crippen LogP contribution in [0.25, 0.3) is 0 Å². The average Bonchev–Trinajstić information content (AvgIpc) is 3.00. The standard InChI is InChI=1S/C26H41N3O3/c1-26(2,3)32-25(31)29-15-11-21(12-16-29)18-24(30)27-19-22-9-8-10-23(17-22)20-28-13-6-4-5-7-14-28/h8-10,17,21H,4-7,11-16,18-20H2,1-3H3,(H,27,30). The van der Waals surface area contributed by atoms with Crippen LogP contribution in [0.2, 0.25) is 0 Å². The summed E-state index contributed by atoms with van der Waals surface area (Å²) in [7, 11) is 0. The Hall–Kier alpha value is -2.08. The number of ether oxygens (including phenoxy) is 1. The van der Waals surface area contributed by atoms with Gasteiger partial charge < -0.3 is 15.0 Å². The number of likely N-dealkylation sites (tertiary alicyclic amines) is 2. The molecule has 2 aliphatic rings. The summed E-state index contributed by atoms with van der Waals surface area (Å²) in [6, 6.07) is 8.60. The monoisotopic (exact) mass is 443 g/mol. The zero-order valence-electron chi connectivity index (χ0n) is 20.2. The molecule has 1 N–H and O–H groups in total. The van der Waals surface area contributed by atoms with Crippen molar-refractivity contribution in [1.82, 2.24) is 15.1 Å². The molecule has 2 fully saturated rings. The van der Waals surface area contributed by atoms with Gasteiger partial charge in [0.05, 0.1) is 0 Å². The molecule has 0 bridgehead atoms. The van der Waals surface area contributed by atoms with Gasteiger partial charge in [-0.05, 0) is 76.6 Å². The summed E-state index contributed by atoms with van der Waals surface area (Å²) in [6.45, 7) is 10.9. The average molecular weight is 444 g/mol. The molecular formula is C26H41N3O3. The Morgan fingerprint density at radius 1 is 1.00 bits per heavy atom. The number of hydrogen-bond acceptors (Lipinski definition) is 4. The molecule has 0 unspecified atom stereocenters. The Labute approximate surface area is 193 Å². The molecule has 0 spiro atoms. The van der Waals surface area contributed by atoms with Crippen LogP contribution in [0.3, 0.4) is 0 Å². The smallest absolute Gasteiger partial charge is 0.410 e. The van der Waals surface area contributed by atoms with Crippen LogP contribution in [0.15, 0.2) is 24.3 Å². The Morgan fingerprint density at radius 3 is 2.31 bits per heavy atom. The third-order valence-electron chi connectivity index (χ3n) is 6.33. The third kappa shape index (κ3) is 8.45. The van der Waals surface area contributed by atoms with Crippen LogP contribution < -0.4 is 5.32 Å².